The first-order chi connectivity index (χ1) is 16.7. The zero-order valence-electron chi connectivity index (χ0n) is 21.5. The highest BCUT2D eigenvalue weighted by molar-refractivity contribution is 6.32. The van der Waals surface area contributed by atoms with E-state index in [1.807, 2.05) is 18.2 Å². The number of amides is 2. The molecule has 3 rings (SSSR count). The Kier molecular flexibility index (Phi) is 8.22. The summed E-state index contributed by atoms with van der Waals surface area (Å²) in [5.74, 6) is -2.82. The fraction of sp³-hybridized carbons (Fsp3) is 0.640. The molecule has 2 aliphatic rings. The van der Waals surface area contributed by atoms with E-state index in [9.17, 15) is 27.6 Å². The van der Waals surface area contributed by atoms with Crippen LogP contribution >= 0.6 is 0 Å². The number of carbonyl (C=O) groups is 3. The van der Waals surface area contributed by atoms with Crippen molar-refractivity contribution in [3.05, 3.63) is 29.8 Å². The van der Waals surface area contributed by atoms with Crippen molar-refractivity contribution < 1.29 is 32.3 Å². The summed E-state index contributed by atoms with van der Waals surface area (Å²) in [6.45, 7) is 8.87. The van der Waals surface area contributed by atoms with Gasteiger partial charge in [0.25, 0.3) is 0 Å². The Labute approximate surface area is 209 Å². The summed E-state index contributed by atoms with van der Waals surface area (Å²) >= 11 is 0. The third-order valence-corrected chi connectivity index (χ3v) is 6.57. The van der Waals surface area contributed by atoms with E-state index in [0.717, 1.165) is 31.9 Å². The van der Waals surface area contributed by atoms with Crippen LogP contribution in [0.3, 0.4) is 0 Å². The quantitative estimate of drug-likeness (QED) is 0.458. The maximum absolute atomic E-state index is 13.2. The minimum absolute atomic E-state index is 0.00876. The van der Waals surface area contributed by atoms with Gasteiger partial charge in [0.05, 0.1) is 6.04 Å². The molecule has 1 aromatic carbocycles. The van der Waals surface area contributed by atoms with Crippen LogP contribution < -0.4 is 4.90 Å². The van der Waals surface area contributed by atoms with Gasteiger partial charge < -0.3 is 24.3 Å². The number of piperazine rings is 2. The number of likely N-dealkylation sites (N-methyl/N-ethyl adjacent to an activating group) is 1. The number of hydrogen-bond donors (Lipinski definition) is 0. The van der Waals surface area contributed by atoms with Crippen molar-refractivity contribution in [1.29, 1.82) is 0 Å². The van der Waals surface area contributed by atoms with Gasteiger partial charge in [0.1, 0.15) is 0 Å². The number of anilines is 1. The van der Waals surface area contributed by atoms with Crippen molar-refractivity contribution >= 4 is 23.5 Å². The molecule has 36 heavy (non-hydrogen) atoms. The molecule has 2 amide bonds. The molecule has 2 fully saturated rings. The second kappa shape index (κ2) is 10.7. The maximum Gasteiger partial charge on any atom is 0.422 e. The lowest BCUT2D eigenvalue weighted by molar-refractivity contribution is -0.190. The van der Waals surface area contributed by atoms with E-state index in [2.05, 4.69) is 21.6 Å². The number of ether oxygens (including phenoxy) is 1. The largest absolute Gasteiger partial charge is 0.449 e. The lowest BCUT2D eigenvalue weighted by Gasteiger charge is -2.47. The number of alkyl halides is 3. The summed E-state index contributed by atoms with van der Waals surface area (Å²) in [4.78, 5) is 45.8. The van der Waals surface area contributed by atoms with Gasteiger partial charge in [0.15, 0.2) is 6.61 Å². The van der Waals surface area contributed by atoms with Crippen LogP contribution in [0.5, 0.6) is 0 Å². The van der Waals surface area contributed by atoms with Crippen molar-refractivity contribution in [2.24, 2.45) is 5.41 Å². The van der Waals surface area contributed by atoms with Crippen molar-refractivity contribution in [2.75, 3.05) is 57.8 Å². The number of rotatable bonds is 3. The van der Waals surface area contributed by atoms with Crippen LogP contribution in [0.15, 0.2) is 24.3 Å². The SMILES string of the molecule is C[C@@H]1CN(C(=O)C(=O)OCC(F)(F)F)[C@@H](c2cccc(N3CCN(C)CC3)c2)CN1C(=O)C(C)(C)C. The fourth-order valence-corrected chi connectivity index (χ4v) is 4.52. The molecule has 2 saturated heterocycles. The van der Waals surface area contributed by atoms with Crippen molar-refractivity contribution in [2.45, 2.75) is 46.0 Å². The van der Waals surface area contributed by atoms with Gasteiger partial charge in [0, 0.05) is 56.4 Å². The summed E-state index contributed by atoms with van der Waals surface area (Å²) in [7, 11) is 2.05. The second-order valence-electron chi connectivity index (χ2n) is 10.6. The Morgan fingerprint density at radius 2 is 1.64 bits per heavy atom. The first-order valence-corrected chi connectivity index (χ1v) is 12.1. The van der Waals surface area contributed by atoms with E-state index in [0.29, 0.717) is 5.56 Å². The third-order valence-electron chi connectivity index (χ3n) is 6.57. The Bertz CT molecular complexity index is 971. The molecule has 1 aromatic rings. The Hall–Kier alpha value is -2.82. The van der Waals surface area contributed by atoms with E-state index in [4.69, 9.17) is 0 Å². The summed E-state index contributed by atoms with van der Waals surface area (Å²) in [6, 6.07) is 6.39. The average Bonchev–Trinajstić information content (AvgIpc) is 2.81. The first kappa shape index (κ1) is 27.8. The molecular formula is C25H35F3N4O4. The summed E-state index contributed by atoms with van der Waals surface area (Å²) < 4.78 is 42.0. The zero-order chi connectivity index (χ0) is 26.8. The molecule has 0 unspecified atom stereocenters. The van der Waals surface area contributed by atoms with Crippen molar-refractivity contribution in [3.8, 4) is 0 Å². The number of esters is 1. The molecule has 2 heterocycles. The van der Waals surface area contributed by atoms with Crippen LogP contribution in [0.1, 0.15) is 39.3 Å². The molecule has 2 aliphatic heterocycles. The van der Waals surface area contributed by atoms with Crippen LogP contribution in [0.2, 0.25) is 0 Å². The van der Waals surface area contributed by atoms with Crippen LogP contribution in [0, 0.1) is 5.41 Å². The number of hydrogen-bond acceptors (Lipinski definition) is 6. The van der Waals surface area contributed by atoms with Gasteiger partial charge in [-0.2, -0.15) is 13.2 Å². The van der Waals surface area contributed by atoms with E-state index >= 15 is 0 Å². The zero-order valence-corrected chi connectivity index (χ0v) is 21.5. The molecule has 0 aliphatic carbocycles. The van der Waals surface area contributed by atoms with Gasteiger partial charge in [-0.3, -0.25) is 9.59 Å². The molecule has 0 N–H and O–H groups in total. The normalized spacial score (nSPS) is 21.9. The average molecular weight is 513 g/mol. The standard InChI is InChI=1S/C25H35F3N4O4/c1-17-14-32(21(33)22(34)36-16-25(26,27)28)20(15-31(17)23(35)24(2,3)4)18-7-6-8-19(13-18)30-11-9-29(5)10-12-30/h6-8,13,17,20H,9-12,14-16H2,1-5H3/t17-,20-/m1/s1. The van der Waals surface area contributed by atoms with Gasteiger partial charge in [-0.1, -0.05) is 32.9 Å². The highest BCUT2D eigenvalue weighted by atomic mass is 19.4. The topological polar surface area (TPSA) is 73.4 Å². The van der Waals surface area contributed by atoms with Crippen LogP contribution in [0.25, 0.3) is 0 Å². The highest BCUT2D eigenvalue weighted by Crippen LogP contribution is 2.33. The van der Waals surface area contributed by atoms with Crippen molar-refractivity contribution in [3.63, 3.8) is 0 Å². The highest BCUT2D eigenvalue weighted by Gasteiger charge is 2.43. The van der Waals surface area contributed by atoms with E-state index < -0.39 is 42.2 Å². The first-order valence-electron chi connectivity index (χ1n) is 12.1. The summed E-state index contributed by atoms with van der Waals surface area (Å²) in [5, 5.41) is 0. The van der Waals surface area contributed by atoms with Crippen LogP contribution in [-0.2, 0) is 19.1 Å². The molecule has 0 radical (unpaired) electrons. The minimum atomic E-state index is -4.74. The third kappa shape index (κ3) is 6.68. The predicted molar refractivity (Wildman–Crippen MR) is 128 cm³/mol. The summed E-state index contributed by atoms with van der Waals surface area (Å²) in [5.41, 5.74) is 0.972. The van der Waals surface area contributed by atoms with Gasteiger partial charge in [-0.05, 0) is 31.7 Å². The number of benzene rings is 1. The van der Waals surface area contributed by atoms with Crippen molar-refractivity contribution in [1.82, 2.24) is 14.7 Å². The molecular weight excluding hydrogens is 477 g/mol. The van der Waals surface area contributed by atoms with Gasteiger partial charge >= 0.3 is 18.1 Å². The van der Waals surface area contributed by atoms with Gasteiger partial charge in [-0.25, -0.2) is 4.79 Å². The fourth-order valence-electron chi connectivity index (χ4n) is 4.52. The number of halogens is 3. The number of carbonyl (C=O) groups excluding carboxylic acids is 3. The summed E-state index contributed by atoms with van der Waals surface area (Å²) in [6.07, 6.45) is -4.74. The Morgan fingerprint density at radius 1 is 1.00 bits per heavy atom. The second-order valence-corrected chi connectivity index (χ2v) is 10.6. The molecule has 200 valence electrons. The Balaban J connectivity index is 1.92. The molecule has 0 aromatic heterocycles. The van der Waals surface area contributed by atoms with Crippen LogP contribution in [0.4, 0.5) is 18.9 Å². The maximum atomic E-state index is 13.2. The lowest BCUT2D eigenvalue weighted by Crippen LogP contribution is -2.59. The monoisotopic (exact) mass is 512 g/mol. The minimum Gasteiger partial charge on any atom is -0.449 e. The Morgan fingerprint density at radius 3 is 2.22 bits per heavy atom. The van der Waals surface area contributed by atoms with Crippen LogP contribution in [-0.4, -0.2) is 97.6 Å². The van der Waals surface area contributed by atoms with Gasteiger partial charge in [-0.15, -0.1) is 0 Å². The molecule has 11 heteroatoms. The lowest BCUT2D eigenvalue weighted by atomic mass is 9.91. The smallest absolute Gasteiger partial charge is 0.422 e. The molecule has 0 saturated carbocycles. The number of nitrogens with zero attached hydrogens (tertiary/aromatic N) is 4. The predicted octanol–water partition coefficient (Wildman–Crippen LogP) is 2.69. The van der Waals surface area contributed by atoms with E-state index in [1.165, 1.54) is 4.90 Å². The van der Waals surface area contributed by atoms with E-state index in [1.54, 1.807) is 38.7 Å². The molecule has 2 atom stereocenters. The molecule has 0 bridgehead atoms. The van der Waals surface area contributed by atoms with Gasteiger partial charge in [0.2, 0.25) is 5.91 Å². The molecule has 8 nitrogen and oxygen atoms in total. The van der Waals surface area contributed by atoms with E-state index in [-0.39, 0.29) is 19.0 Å². The molecule has 0 spiro atoms.